The Kier molecular flexibility index (Phi) is 5.77. The molecule has 0 radical (unpaired) electrons. The van der Waals surface area contributed by atoms with Crippen LogP contribution in [0.2, 0.25) is 0 Å². The third-order valence-electron chi connectivity index (χ3n) is 4.92. The van der Waals surface area contributed by atoms with Crippen molar-refractivity contribution < 1.29 is 14.3 Å². The quantitative estimate of drug-likeness (QED) is 0.785. The number of hydrogen-bond donors (Lipinski definition) is 1. The summed E-state index contributed by atoms with van der Waals surface area (Å²) in [6.07, 6.45) is 3.97. The van der Waals surface area contributed by atoms with Crippen LogP contribution < -0.4 is 5.32 Å². The van der Waals surface area contributed by atoms with Gasteiger partial charge in [-0.15, -0.1) is 11.3 Å². The van der Waals surface area contributed by atoms with Crippen LogP contribution in [0.3, 0.4) is 0 Å². The predicted molar refractivity (Wildman–Crippen MR) is 105 cm³/mol. The van der Waals surface area contributed by atoms with E-state index in [0.29, 0.717) is 29.3 Å². The van der Waals surface area contributed by atoms with Crippen LogP contribution in [0.1, 0.15) is 51.7 Å². The molecule has 0 saturated heterocycles. The maximum atomic E-state index is 12.4. The molecule has 4 nitrogen and oxygen atoms in total. The number of fused-ring (bicyclic) bond motifs is 1. The van der Waals surface area contributed by atoms with Gasteiger partial charge in [0.15, 0.2) is 0 Å². The van der Waals surface area contributed by atoms with E-state index in [9.17, 15) is 9.59 Å². The Balaban J connectivity index is 1.73. The topological polar surface area (TPSA) is 55.4 Å². The average Bonchev–Trinajstić information content (AvgIpc) is 2.97. The minimum Gasteiger partial charge on any atom is -0.465 e. The number of ether oxygens (including phenoxy) is 1. The molecule has 26 heavy (non-hydrogen) atoms. The maximum absolute atomic E-state index is 12.4. The van der Waals surface area contributed by atoms with Crippen LogP contribution in [-0.4, -0.2) is 19.0 Å². The fraction of sp³-hybridized carbons (Fsp3) is 0.429. The minimum absolute atomic E-state index is 0.0672. The second-order valence-electron chi connectivity index (χ2n) is 7.08. The van der Waals surface area contributed by atoms with Gasteiger partial charge in [-0.05, 0) is 49.7 Å². The number of rotatable bonds is 5. The molecule has 0 bridgehead atoms. The Morgan fingerprint density at radius 3 is 2.69 bits per heavy atom. The van der Waals surface area contributed by atoms with Crippen molar-refractivity contribution in [1.82, 2.24) is 0 Å². The van der Waals surface area contributed by atoms with E-state index in [1.807, 2.05) is 19.1 Å². The first-order valence-corrected chi connectivity index (χ1v) is 9.87. The molecule has 1 N–H and O–H groups in total. The molecule has 1 aliphatic rings. The summed E-state index contributed by atoms with van der Waals surface area (Å²) in [4.78, 5) is 25.9. The molecule has 1 atom stereocenters. The number of anilines is 1. The highest BCUT2D eigenvalue weighted by Gasteiger charge is 2.28. The van der Waals surface area contributed by atoms with Gasteiger partial charge in [-0.3, -0.25) is 4.79 Å². The summed E-state index contributed by atoms with van der Waals surface area (Å²) in [5, 5.41) is 3.60. The Labute approximate surface area is 158 Å². The lowest BCUT2D eigenvalue weighted by atomic mass is 9.88. The summed E-state index contributed by atoms with van der Waals surface area (Å²) in [5.74, 6) is 0.185. The van der Waals surface area contributed by atoms with E-state index in [0.717, 1.165) is 30.4 Å². The number of carbonyl (C=O) groups excluding carboxylic acids is 2. The molecule has 1 aliphatic carbocycles. The Bertz CT molecular complexity index is 807. The molecule has 2 aromatic rings. The third kappa shape index (κ3) is 4.15. The van der Waals surface area contributed by atoms with Gasteiger partial charge in [0.25, 0.3) is 0 Å². The van der Waals surface area contributed by atoms with Gasteiger partial charge in [-0.2, -0.15) is 0 Å². The number of esters is 1. The number of amides is 1. The molecule has 0 spiro atoms. The van der Waals surface area contributed by atoms with Gasteiger partial charge in [0.05, 0.1) is 12.7 Å². The normalized spacial score (nSPS) is 16.0. The van der Waals surface area contributed by atoms with Gasteiger partial charge in [0, 0.05) is 11.3 Å². The minimum atomic E-state index is -0.356. The van der Waals surface area contributed by atoms with Crippen LogP contribution in [0, 0.1) is 12.8 Å². The smallest absolute Gasteiger partial charge is 0.341 e. The van der Waals surface area contributed by atoms with Crippen LogP contribution in [-0.2, 0) is 28.8 Å². The summed E-state index contributed by atoms with van der Waals surface area (Å²) in [6, 6.07) is 8.20. The van der Waals surface area contributed by atoms with Crippen molar-refractivity contribution in [3.05, 3.63) is 51.4 Å². The lowest BCUT2D eigenvalue weighted by molar-refractivity contribution is -0.116. The second-order valence-corrected chi connectivity index (χ2v) is 8.19. The highest BCUT2D eigenvalue weighted by Crippen LogP contribution is 2.40. The van der Waals surface area contributed by atoms with Gasteiger partial charge < -0.3 is 10.1 Å². The van der Waals surface area contributed by atoms with Crippen molar-refractivity contribution in [2.24, 2.45) is 5.92 Å². The summed E-state index contributed by atoms with van der Waals surface area (Å²) in [5.41, 5.74) is 3.97. The van der Waals surface area contributed by atoms with Crippen molar-refractivity contribution in [2.45, 2.75) is 46.0 Å². The lowest BCUT2D eigenvalue weighted by Crippen LogP contribution is -2.16. The molecule has 1 aromatic carbocycles. The number of carbonyl (C=O) groups is 2. The van der Waals surface area contributed by atoms with Crippen LogP contribution in [0.4, 0.5) is 5.00 Å². The fourth-order valence-corrected chi connectivity index (χ4v) is 4.77. The lowest BCUT2D eigenvalue weighted by Gasteiger charge is -2.18. The number of methoxy groups -OCH3 is 1. The third-order valence-corrected chi connectivity index (χ3v) is 6.09. The standard InChI is InChI=1S/C21H25NO3S/c1-13-4-7-15(8-5-13)9-11-18(23)22-20-19(21(24)25-3)16-10-6-14(2)12-17(16)26-20/h4-5,7-8,14H,6,9-12H2,1-3H3,(H,22,23). The summed E-state index contributed by atoms with van der Waals surface area (Å²) in [6.45, 7) is 4.27. The number of hydrogen-bond acceptors (Lipinski definition) is 4. The molecular weight excluding hydrogens is 346 g/mol. The SMILES string of the molecule is COC(=O)c1c(NC(=O)CCc2ccc(C)cc2)sc2c1CCC(C)C2. The van der Waals surface area contributed by atoms with E-state index in [2.05, 4.69) is 24.4 Å². The van der Waals surface area contributed by atoms with Crippen molar-refractivity contribution in [3.63, 3.8) is 0 Å². The van der Waals surface area contributed by atoms with E-state index in [4.69, 9.17) is 4.74 Å². The van der Waals surface area contributed by atoms with Gasteiger partial charge in [-0.25, -0.2) is 4.79 Å². The number of benzene rings is 1. The first kappa shape index (κ1) is 18.6. The first-order chi connectivity index (χ1) is 12.5. The first-order valence-electron chi connectivity index (χ1n) is 9.06. The average molecular weight is 372 g/mol. The molecule has 0 aliphatic heterocycles. The predicted octanol–water partition coefficient (Wildman–Crippen LogP) is 4.54. The molecule has 0 saturated carbocycles. The van der Waals surface area contributed by atoms with Gasteiger partial charge in [0.1, 0.15) is 5.00 Å². The summed E-state index contributed by atoms with van der Waals surface area (Å²) in [7, 11) is 1.39. The number of thiophene rings is 1. The molecule has 138 valence electrons. The summed E-state index contributed by atoms with van der Waals surface area (Å²) < 4.78 is 4.97. The summed E-state index contributed by atoms with van der Waals surface area (Å²) >= 11 is 1.53. The van der Waals surface area contributed by atoms with Gasteiger partial charge >= 0.3 is 5.97 Å². The van der Waals surface area contributed by atoms with E-state index in [-0.39, 0.29) is 11.9 Å². The number of nitrogens with one attached hydrogen (secondary N) is 1. The highest BCUT2D eigenvalue weighted by atomic mass is 32.1. The Morgan fingerprint density at radius 2 is 2.00 bits per heavy atom. The monoisotopic (exact) mass is 371 g/mol. The van der Waals surface area contributed by atoms with E-state index in [1.165, 1.54) is 28.9 Å². The largest absolute Gasteiger partial charge is 0.465 e. The van der Waals surface area contributed by atoms with Gasteiger partial charge in [0.2, 0.25) is 5.91 Å². The zero-order chi connectivity index (χ0) is 18.7. The van der Waals surface area contributed by atoms with Crippen LogP contribution >= 0.6 is 11.3 Å². The molecule has 0 fully saturated rings. The molecule has 3 rings (SSSR count). The van der Waals surface area contributed by atoms with E-state index < -0.39 is 0 Å². The van der Waals surface area contributed by atoms with Crippen molar-refractivity contribution in [3.8, 4) is 0 Å². The second kappa shape index (κ2) is 8.04. The highest BCUT2D eigenvalue weighted by molar-refractivity contribution is 7.17. The molecule has 1 heterocycles. The van der Waals surface area contributed by atoms with Crippen LogP contribution in [0.5, 0.6) is 0 Å². The molecular formula is C21H25NO3S. The number of aryl methyl sites for hydroxylation is 2. The van der Waals surface area contributed by atoms with Gasteiger partial charge in [-0.1, -0.05) is 36.8 Å². The van der Waals surface area contributed by atoms with Crippen molar-refractivity contribution in [1.29, 1.82) is 0 Å². The fourth-order valence-electron chi connectivity index (χ4n) is 3.36. The molecule has 1 unspecified atom stereocenters. The Hall–Kier alpha value is -2.14. The maximum Gasteiger partial charge on any atom is 0.341 e. The van der Waals surface area contributed by atoms with Crippen LogP contribution in [0.25, 0.3) is 0 Å². The van der Waals surface area contributed by atoms with E-state index in [1.54, 1.807) is 0 Å². The molecule has 1 aromatic heterocycles. The van der Waals surface area contributed by atoms with E-state index >= 15 is 0 Å². The van der Waals surface area contributed by atoms with Crippen LogP contribution in [0.15, 0.2) is 24.3 Å². The van der Waals surface area contributed by atoms with Crippen molar-refractivity contribution >= 4 is 28.2 Å². The zero-order valence-electron chi connectivity index (χ0n) is 15.6. The molecule has 5 heteroatoms. The zero-order valence-corrected chi connectivity index (χ0v) is 16.4. The Morgan fingerprint density at radius 1 is 1.27 bits per heavy atom. The van der Waals surface area contributed by atoms with Crippen molar-refractivity contribution in [2.75, 3.05) is 12.4 Å². The molecule has 1 amide bonds.